The summed E-state index contributed by atoms with van der Waals surface area (Å²) in [6, 6.07) is 8.85. The predicted molar refractivity (Wildman–Crippen MR) is 57.4 cm³/mol. The number of para-hydroxylation sites is 1. The summed E-state index contributed by atoms with van der Waals surface area (Å²) in [5, 5.41) is 3.80. The van der Waals surface area contributed by atoms with E-state index in [0.717, 1.165) is 12.0 Å². The Bertz CT molecular complexity index is 491. The van der Waals surface area contributed by atoms with Gasteiger partial charge in [0, 0.05) is 6.07 Å². The van der Waals surface area contributed by atoms with E-state index < -0.39 is 0 Å². The number of carbonyl (C=O) groups is 1. The zero-order chi connectivity index (χ0) is 11.4. The smallest absolute Gasteiger partial charge is 0.153 e. The van der Waals surface area contributed by atoms with Crippen molar-refractivity contribution in [3.63, 3.8) is 0 Å². The summed E-state index contributed by atoms with van der Waals surface area (Å²) in [6.45, 7) is 2.11. The van der Waals surface area contributed by atoms with Crippen LogP contribution in [0.4, 0.5) is 0 Å². The number of benzene rings is 1. The highest BCUT2D eigenvalue weighted by Crippen LogP contribution is 2.17. The average molecular weight is 217 g/mol. The van der Waals surface area contributed by atoms with Gasteiger partial charge in [-0.3, -0.25) is 4.79 Å². The molecule has 0 spiro atoms. The number of rotatable bonds is 4. The third-order valence-corrected chi connectivity index (χ3v) is 2.10. The molecule has 0 aliphatic carbocycles. The van der Waals surface area contributed by atoms with Crippen molar-refractivity contribution in [2.45, 2.75) is 13.5 Å². The van der Waals surface area contributed by atoms with Crippen LogP contribution in [0.1, 0.15) is 21.8 Å². The maximum absolute atomic E-state index is 10.7. The lowest BCUT2D eigenvalue weighted by Gasteiger charge is -2.05. The first-order valence-corrected chi connectivity index (χ1v) is 4.89. The lowest BCUT2D eigenvalue weighted by Crippen LogP contribution is -1.98. The Hall–Kier alpha value is -2.10. The summed E-state index contributed by atoms with van der Waals surface area (Å²) in [6.07, 6.45) is 0.767. The Kier molecular flexibility index (Phi) is 3.00. The van der Waals surface area contributed by atoms with E-state index in [4.69, 9.17) is 9.26 Å². The highest BCUT2D eigenvalue weighted by atomic mass is 16.5. The van der Waals surface area contributed by atoms with Gasteiger partial charge in [-0.1, -0.05) is 17.3 Å². The molecule has 0 N–H and O–H groups in total. The van der Waals surface area contributed by atoms with E-state index in [-0.39, 0.29) is 0 Å². The fraction of sp³-hybridized carbons (Fsp3) is 0.167. The van der Waals surface area contributed by atoms with Gasteiger partial charge in [0.25, 0.3) is 0 Å². The van der Waals surface area contributed by atoms with Crippen molar-refractivity contribution in [2.75, 3.05) is 0 Å². The van der Waals surface area contributed by atoms with Crippen LogP contribution in [0.2, 0.25) is 0 Å². The molecule has 0 fully saturated rings. The zero-order valence-corrected chi connectivity index (χ0v) is 8.84. The molecule has 1 heterocycles. The number of aryl methyl sites for hydroxylation is 1. The van der Waals surface area contributed by atoms with Crippen molar-refractivity contribution in [3.05, 3.63) is 47.3 Å². The minimum absolute atomic E-state index is 0.294. The van der Waals surface area contributed by atoms with E-state index in [1.807, 2.05) is 13.0 Å². The largest absolute Gasteiger partial charge is 0.486 e. The van der Waals surface area contributed by atoms with Crippen molar-refractivity contribution < 1.29 is 14.1 Å². The maximum atomic E-state index is 10.7. The van der Waals surface area contributed by atoms with Crippen LogP contribution >= 0.6 is 0 Å². The Balaban J connectivity index is 2.07. The first-order chi connectivity index (χ1) is 7.79. The first kappa shape index (κ1) is 10.4. The molecule has 4 nitrogen and oxygen atoms in total. The minimum Gasteiger partial charge on any atom is -0.486 e. The lowest BCUT2D eigenvalue weighted by atomic mass is 10.2. The monoisotopic (exact) mass is 217 g/mol. The Morgan fingerprint density at radius 2 is 2.25 bits per heavy atom. The van der Waals surface area contributed by atoms with Crippen LogP contribution in [0.15, 0.2) is 34.9 Å². The number of carbonyl (C=O) groups excluding carboxylic acids is 1. The van der Waals surface area contributed by atoms with Crippen LogP contribution in [-0.2, 0) is 6.61 Å². The summed E-state index contributed by atoms with van der Waals surface area (Å²) in [7, 11) is 0. The van der Waals surface area contributed by atoms with E-state index >= 15 is 0 Å². The molecule has 1 aromatic carbocycles. The van der Waals surface area contributed by atoms with Gasteiger partial charge < -0.3 is 9.26 Å². The molecule has 0 aliphatic heterocycles. The van der Waals surface area contributed by atoms with Gasteiger partial charge in [0.05, 0.1) is 5.56 Å². The van der Waals surface area contributed by atoms with E-state index in [1.54, 1.807) is 24.3 Å². The van der Waals surface area contributed by atoms with Crippen LogP contribution in [0.3, 0.4) is 0 Å². The SMILES string of the molecule is Cc1cc(COc2ccccc2C=O)no1. The van der Waals surface area contributed by atoms with E-state index in [9.17, 15) is 4.79 Å². The molecule has 4 heteroatoms. The fourth-order valence-corrected chi connectivity index (χ4v) is 1.35. The molecule has 1 aromatic heterocycles. The van der Waals surface area contributed by atoms with Crippen molar-refractivity contribution >= 4 is 6.29 Å². The highest BCUT2D eigenvalue weighted by molar-refractivity contribution is 5.79. The number of ether oxygens (including phenoxy) is 1. The van der Waals surface area contributed by atoms with Crippen LogP contribution in [0.5, 0.6) is 5.75 Å². The molecule has 0 unspecified atom stereocenters. The van der Waals surface area contributed by atoms with Gasteiger partial charge in [-0.2, -0.15) is 0 Å². The molecule has 2 aromatic rings. The quantitative estimate of drug-likeness (QED) is 0.738. The second-order valence-corrected chi connectivity index (χ2v) is 3.37. The third-order valence-electron chi connectivity index (χ3n) is 2.10. The molecule has 2 rings (SSSR count). The Labute approximate surface area is 92.8 Å². The molecule has 0 saturated carbocycles. The maximum Gasteiger partial charge on any atom is 0.153 e. The number of aromatic nitrogens is 1. The molecule has 0 aliphatic rings. The van der Waals surface area contributed by atoms with Crippen LogP contribution < -0.4 is 4.74 Å². The van der Waals surface area contributed by atoms with Crippen LogP contribution in [-0.4, -0.2) is 11.4 Å². The van der Waals surface area contributed by atoms with Crippen LogP contribution in [0, 0.1) is 6.92 Å². The fourth-order valence-electron chi connectivity index (χ4n) is 1.35. The number of hydrogen-bond acceptors (Lipinski definition) is 4. The normalized spacial score (nSPS) is 10.1. The Morgan fingerprint density at radius 1 is 1.44 bits per heavy atom. The highest BCUT2D eigenvalue weighted by Gasteiger charge is 2.04. The number of nitrogens with zero attached hydrogens (tertiary/aromatic N) is 1. The molecule has 0 amide bonds. The summed E-state index contributed by atoms with van der Waals surface area (Å²) < 4.78 is 10.4. The first-order valence-electron chi connectivity index (χ1n) is 4.89. The van der Waals surface area contributed by atoms with Gasteiger partial charge in [-0.15, -0.1) is 0 Å². The van der Waals surface area contributed by atoms with Gasteiger partial charge in [0.1, 0.15) is 23.8 Å². The molecule has 0 radical (unpaired) electrons. The molecular formula is C12H11NO3. The molecule has 0 saturated heterocycles. The summed E-state index contributed by atoms with van der Waals surface area (Å²) >= 11 is 0. The molecule has 0 atom stereocenters. The van der Waals surface area contributed by atoms with Crippen molar-refractivity contribution in [1.82, 2.24) is 5.16 Å². The molecule has 16 heavy (non-hydrogen) atoms. The molecule has 82 valence electrons. The van der Waals surface area contributed by atoms with E-state index in [2.05, 4.69) is 5.16 Å². The van der Waals surface area contributed by atoms with Crippen LogP contribution in [0.25, 0.3) is 0 Å². The summed E-state index contributed by atoms with van der Waals surface area (Å²) in [5.41, 5.74) is 1.24. The van der Waals surface area contributed by atoms with Gasteiger partial charge in [0.2, 0.25) is 0 Å². The second kappa shape index (κ2) is 4.61. The van der Waals surface area contributed by atoms with E-state index in [0.29, 0.717) is 23.6 Å². The van der Waals surface area contributed by atoms with Crippen molar-refractivity contribution in [1.29, 1.82) is 0 Å². The van der Waals surface area contributed by atoms with Crippen molar-refractivity contribution in [3.8, 4) is 5.75 Å². The van der Waals surface area contributed by atoms with Gasteiger partial charge in [-0.25, -0.2) is 0 Å². The summed E-state index contributed by atoms with van der Waals surface area (Å²) in [5.74, 6) is 1.29. The zero-order valence-electron chi connectivity index (χ0n) is 8.84. The standard InChI is InChI=1S/C12H11NO3/c1-9-6-11(13-16-9)8-15-12-5-3-2-4-10(12)7-14/h2-7H,8H2,1H3. The van der Waals surface area contributed by atoms with E-state index in [1.165, 1.54) is 0 Å². The van der Waals surface area contributed by atoms with Gasteiger partial charge in [-0.05, 0) is 19.1 Å². The summed E-state index contributed by atoms with van der Waals surface area (Å²) in [4.78, 5) is 10.7. The van der Waals surface area contributed by atoms with Gasteiger partial charge >= 0.3 is 0 Å². The number of hydrogen-bond donors (Lipinski definition) is 0. The predicted octanol–water partition coefficient (Wildman–Crippen LogP) is 2.37. The van der Waals surface area contributed by atoms with Gasteiger partial charge in [0.15, 0.2) is 6.29 Å². The third kappa shape index (κ3) is 2.28. The lowest BCUT2D eigenvalue weighted by molar-refractivity contribution is 0.111. The topological polar surface area (TPSA) is 52.3 Å². The minimum atomic E-state index is 0.294. The molecule has 0 bridgehead atoms. The van der Waals surface area contributed by atoms with Crippen molar-refractivity contribution in [2.24, 2.45) is 0 Å². The molecular weight excluding hydrogens is 206 g/mol. The Morgan fingerprint density at radius 3 is 2.94 bits per heavy atom. The number of aldehydes is 1. The average Bonchev–Trinajstić information content (AvgIpc) is 2.73. The second-order valence-electron chi connectivity index (χ2n) is 3.37.